The van der Waals surface area contributed by atoms with Gasteiger partial charge in [0.1, 0.15) is 0 Å². The standard InChI is InChI=1S/C17H18BrNO/c18-15-7-9-16(10-8-15)19-17(20)14-6-5-12-3-1-2-4-13(12)11-14/h1-6,11,15-16H,7-10H2,(H,19,20). The molecule has 0 bridgehead atoms. The van der Waals surface area contributed by atoms with Crippen LogP contribution in [-0.4, -0.2) is 16.8 Å². The average molecular weight is 332 g/mol. The summed E-state index contributed by atoms with van der Waals surface area (Å²) in [6.07, 6.45) is 4.41. The first-order valence-corrected chi connectivity index (χ1v) is 8.08. The molecule has 0 atom stereocenters. The second-order valence-electron chi connectivity index (χ2n) is 5.48. The van der Waals surface area contributed by atoms with Crippen molar-refractivity contribution in [3.63, 3.8) is 0 Å². The maximum Gasteiger partial charge on any atom is 0.251 e. The maximum absolute atomic E-state index is 12.3. The van der Waals surface area contributed by atoms with Crippen molar-refractivity contribution in [1.82, 2.24) is 5.32 Å². The topological polar surface area (TPSA) is 29.1 Å². The summed E-state index contributed by atoms with van der Waals surface area (Å²) in [6, 6.07) is 14.3. The Bertz CT molecular complexity index is 617. The molecule has 1 fully saturated rings. The van der Waals surface area contributed by atoms with Gasteiger partial charge in [-0.15, -0.1) is 0 Å². The predicted octanol–water partition coefficient (Wildman–Crippen LogP) is 4.28. The molecule has 1 saturated carbocycles. The highest BCUT2D eigenvalue weighted by Gasteiger charge is 2.21. The van der Waals surface area contributed by atoms with Crippen molar-refractivity contribution in [1.29, 1.82) is 0 Å². The molecule has 0 aromatic heterocycles. The van der Waals surface area contributed by atoms with Crippen LogP contribution in [0.2, 0.25) is 0 Å². The number of hydrogen-bond donors (Lipinski definition) is 1. The normalized spacial score (nSPS) is 22.6. The van der Waals surface area contributed by atoms with Crippen LogP contribution in [0, 0.1) is 0 Å². The smallest absolute Gasteiger partial charge is 0.251 e. The van der Waals surface area contributed by atoms with Crippen molar-refractivity contribution < 1.29 is 4.79 Å². The predicted molar refractivity (Wildman–Crippen MR) is 86.4 cm³/mol. The monoisotopic (exact) mass is 331 g/mol. The van der Waals surface area contributed by atoms with Gasteiger partial charge in [-0.3, -0.25) is 4.79 Å². The quantitative estimate of drug-likeness (QED) is 0.818. The molecule has 3 heteroatoms. The van der Waals surface area contributed by atoms with Gasteiger partial charge in [-0.05, 0) is 48.6 Å². The van der Waals surface area contributed by atoms with Crippen molar-refractivity contribution in [3.05, 3.63) is 48.0 Å². The van der Waals surface area contributed by atoms with E-state index in [9.17, 15) is 4.79 Å². The number of carbonyl (C=O) groups excluding carboxylic acids is 1. The van der Waals surface area contributed by atoms with Gasteiger partial charge < -0.3 is 5.32 Å². The Labute approximate surface area is 127 Å². The van der Waals surface area contributed by atoms with E-state index in [0.29, 0.717) is 10.9 Å². The van der Waals surface area contributed by atoms with Gasteiger partial charge in [0, 0.05) is 16.4 Å². The second kappa shape index (κ2) is 5.96. The van der Waals surface area contributed by atoms with Crippen LogP contribution in [0.1, 0.15) is 36.0 Å². The van der Waals surface area contributed by atoms with E-state index >= 15 is 0 Å². The average Bonchev–Trinajstić information content (AvgIpc) is 2.49. The van der Waals surface area contributed by atoms with Crippen LogP contribution in [0.3, 0.4) is 0 Å². The van der Waals surface area contributed by atoms with Crippen molar-refractivity contribution >= 4 is 32.6 Å². The number of rotatable bonds is 2. The van der Waals surface area contributed by atoms with Crippen LogP contribution in [0.5, 0.6) is 0 Å². The molecular weight excluding hydrogens is 314 g/mol. The van der Waals surface area contributed by atoms with Gasteiger partial charge in [-0.1, -0.05) is 46.3 Å². The number of hydrogen-bond acceptors (Lipinski definition) is 1. The Kier molecular flexibility index (Phi) is 4.06. The third-order valence-electron chi connectivity index (χ3n) is 4.00. The highest BCUT2D eigenvalue weighted by Crippen LogP contribution is 2.24. The zero-order chi connectivity index (χ0) is 13.9. The molecule has 1 aliphatic carbocycles. The molecular formula is C17H18BrNO. The molecule has 2 nitrogen and oxygen atoms in total. The third kappa shape index (κ3) is 3.04. The van der Waals surface area contributed by atoms with Crippen LogP contribution in [-0.2, 0) is 0 Å². The summed E-state index contributed by atoms with van der Waals surface area (Å²) in [5, 5.41) is 5.45. The molecule has 0 unspecified atom stereocenters. The Morgan fingerprint density at radius 3 is 2.45 bits per heavy atom. The van der Waals surface area contributed by atoms with E-state index in [1.54, 1.807) is 0 Å². The van der Waals surface area contributed by atoms with E-state index in [4.69, 9.17) is 0 Å². The van der Waals surface area contributed by atoms with Crippen LogP contribution in [0.15, 0.2) is 42.5 Å². The molecule has 0 heterocycles. The number of nitrogens with one attached hydrogen (secondary N) is 1. The summed E-state index contributed by atoms with van der Waals surface area (Å²) >= 11 is 3.64. The van der Waals surface area contributed by atoms with E-state index in [-0.39, 0.29) is 5.91 Å². The second-order valence-corrected chi connectivity index (χ2v) is 6.78. The minimum atomic E-state index is 0.0498. The Balaban J connectivity index is 1.72. The molecule has 1 aliphatic rings. The van der Waals surface area contributed by atoms with Crippen LogP contribution < -0.4 is 5.32 Å². The summed E-state index contributed by atoms with van der Waals surface area (Å²) in [6.45, 7) is 0. The Hall–Kier alpha value is -1.35. The van der Waals surface area contributed by atoms with E-state index in [2.05, 4.69) is 27.3 Å². The largest absolute Gasteiger partial charge is 0.349 e. The highest BCUT2D eigenvalue weighted by atomic mass is 79.9. The van der Waals surface area contributed by atoms with Crippen LogP contribution in [0.25, 0.3) is 10.8 Å². The first kappa shape index (κ1) is 13.6. The first-order chi connectivity index (χ1) is 9.72. The SMILES string of the molecule is O=C(NC1CCC(Br)CC1)c1ccc2ccccc2c1. The van der Waals surface area contributed by atoms with Gasteiger partial charge >= 0.3 is 0 Å². The lowest BCUT2D eigenvalue weighted by atomic mass is 9.95. The molecule has 104 valence electrons. The summed E-state index contributed by atoms with van der Waals surface area (Å²) in [5.74, 6) is 0.0498. The lowest BCUT2D eigenvalue weighted by Gasteiger charge is -2.26. The van der Waals surface area contributed by atoms with Gasteiger partial charge in [-0.2, -0.15) is 0 Å². The number of halogens is 1. The van der Waals surface area contributed by atoms with Crippen LogP contribution >= 0.6 is 15.9 Å². The summed E-state index contributed by atoms with van der Waals surface area (Å²) in [7, 11) is 0. The van der Waals surface area contributed by atoms with Crippen molar-refractivity contribution in [3.8, 4) is 0 Å². The summed E-state index contributed by atoms with van der Waals surface area (Å²) in [4.78, 5) is 12.9. The molecule has 0 radical (unpaired) electrons. The lowest BCUT2D eigenvalue weighted by molar-refractivity contribution is 0.0928. The van der Waals surface area contributed by atoms with Gasteiger partial charge in [0.05, 0.1) is 0 Å². The summed E-state index contributed by atoms with van der Waals surface area (Å²) in [5.41, 5.74) is 0.754. The fourth-order valence-corrected chi connectivity index (χ4v) is 3.33. The number of alkyl halides is 1. The summed E-state index contributed by atoms with van der Waals surface area (Å²) < 4.78 is 0. The van der Waals surface area contributed by atoms with Crippen molar-refractivity contribution in [2.45, 2.75) is 36.6 Å². The molecule has 3 rings (SSSR count). The number of fused-ring (bicyclic) bond motifs is 1. The molecule has 0 aliphatic heterocycles. The maximum atomic E-state index is 12.3. The van der Waals surface area contributed by atoms with Gasteiger partial charge in [0.2, 0.25) is 0 Å². The fourth-order valence-electron chi connectivity index (χ4n) is 2.80. The number of amides is 1. The van der Waals surface area contributed by atoms with Crippen molar-refractivity contribution in [2.24, 2.45) is 0 Å². The zero-order valence-electron chi connectivity index (χ0n) is 11.3. The van der Waals surface area contributed by atoms with E-state index in [1.165, 1.54) is 5.39 Å². The zero-order valence-corrected chi connectivity index (χ0v) is 12.9. The highest BCUT2D eigenvalue weighted by molar-refractivity contribution is 9.09. The molecule has 1 amide bonds. The molecule has 1 N–H and O–H groups in total. The first-order valence-electron chi connectivity index (χ1n) is 7.16. The minimum Gasteiger partial charge on any atom is -0.349 e. The molecule has 0 saturated heterocycles. The number of benzene rings is 2. The molecule has 2 aromatic rings. The van der Waals surface area contributed by atoms with Gasteiger partial charge in [0.25, 0.3) is 5.91 Å². The van der Waals surface area contributed by atoms with Gasteiger partial charge in [-0.25, -0.2) is 0 Å². The van der Waals surface area contributed by atoms with E-state index < -0.39 is 0 Å². The van der Waals surface area contributed by atoms with E-state index in [0.717, 1.165) is 36.6 Å². The van der Waals surface area contributed by atoms with E-state index in [1.807, 2.05) is 36.4 Å². The molecule has 0 spiro atoms. The molecule has 20 heavy (non-hydrogen) atoms. The Morgan fingerprint density at radius 2 is 1.70 bits per heavy atom. The third-order valence-corrected chi connectivity index (χ3v) is 4.92. The fraction of sp³-hybridized carbons (Fsp3) is 0.353. The lowest BCUT2D eigenvalue weighted by Crippen LogP contribution is -2.37. The van der Waals surface area contributed by atoms with Gasteiger partial charge in [0.15, 0.2) is 0 Å². The molecule has 2 aromatic carbocycles. The van der Waals surface area contributed by atoms with Crippen molar-refractivity contribution in [2.75, 3.05) is 0 Å². The minimum absolute atomic E-state index is 0.0498. The Morgan fingerprint density at radius 1 is 1.00 bits per heavy atom. The number of carbonyl (C=O) groups is 1. The van der Waals surface area contributed by atoms with Crippen LogP contribution in [0.4, 0.5) is 0 Å².